The highest BCUT2D eigenvalue weighted by Crippen LogP contribution is 2.45. The number of ether oxygens (including phenoxy) is 4. The molecule has 0 radical (unpaired) electrons. The summed E-state index contributed by atoms with van der Waals surface area (Å²) in [6.45, 7) is 9.65. The Morgan fingerprint density at radius 3 is 0.731 bits per heavy atom. The number of unbranched alkanes of at least 4 members (excludes halogenated alkanes) is 53. The number of carbonyl (C=O) groups is 4. The number of aliphatic hydroxyl groups is 1. The number of aliphatic hydroxyl groups excluding tert-OH is 1. The van der Waals surface area contributed by atoms with Crippen molar-refractivity contribution in [3.05, 3.63) is 0 Å². The second kappa shape index (κ2) is 76.4. The maximum Gasteiger partial charge on any atom is 0.472 e. The van der Waals surface area contributed by atoms with Gasteiger partial charge in [-0.05, 0) is 37.5 Å². The lowest BCUT2D eigenvalue weighted by atomic mass is 9.99. The third kappa shape index (κ3) is 76.8. The fraction of sp³-hybridized carbons (Fsp3) is 0.953. The Balaban J connectivity index is 5.24. The molecule has 0 saturated carbocycles. The van der Waals surface area contributed by atoms with Gasteiger partial charge in [-0.1, -0.05) is 401 Å². The molecule has 104 heavy (non-hydrogen) atoms. The summed E-state index contributed by atoms with van der Waals surface area (Å²) in [6.07, 6.45) is 68.1. The molecule has 618 valence electrons. The Morgan fingerprint density at radius 1 is 0.279 bits per heavy atom. The average Bonchev–Trinajstić information content (AvgIpc) is 0.953. The minimum absolute atomic E-state index is 0.106. The smallest absolute Gasteiger partial charge is 0.462 e. The van der Waals surface area contributed by atoms with Crippen molar-refractivity contribution in [1.82, 2.24) is 0 Å². The number of phosphoric acid groups is 2. The highest BCUT2D eigenvalue weighted by atomic mass is 31.2. The summed E-state index contributed by atoms with van der Waals surface area (Å²) in [4.78, 5) is 73.2. The first-order valence-corrected chi connectivity index (χ1v) is 47.0. The van der Waals surface area contributed by atoms with Gasteiger partial charge in [-0.3, -0.25) is 37.3 Å². The van der Waals surface area contributed by atoms with Gasteiger partial charge in [0.15, 0.2) is 12.2 Å². The fourth-order valence-electron chi connectivity index (χ4n) is 13.2. The predicted octanol–water partition coefficient (Wildman–Crippen LogP) is 25.8. The van der Waals surface area contributed by atoms with Gasteiger partial charge in [0.1, 0.15) is 19.3 Å². The lowest BCUT2D eigenvalue weighted by Gasteiger charge is -2.21. The normalized spacial score (nSPS) is 14.1. The molecular formula is C85H166O17P2. The molecule has 3 unspecified atom stereocenters. The van der Waals surface area contributed by atoms with Gasteiger partial charge in [0.05, 0.1) is 26.4 Å². The predicted molar refractivity (Wildman–Crippen MR) is 428 cm³/mol. The van der Waals surface area contributed by atoms with E-state index in [4.69, 9.17) is 37.0 Å². The van der Waals surface area contributed by atoms with Crippen LogP contribution in [0.5, 0.6) is 0 Å². The molecule has 0 aliphatic carbocycles. The second-order valence-corrected chi connectivity index (χ2v) is 34.2. The molecule has 0 aromatic carbocycles. The highest BCUT2D eigenvalue weighted by Gasteiger charge is 2.30. The van der Waals surface area contributed by atoms with Crippen LogP contribution >= 0.6 is 15.6 Å². The quantitative estimate of drug-likeness (QED) is 0.0222. The molecule has 0 heterocycles. The van der Waals surface area contributed by atoms with E-state index in [-0.39, 0.29) is 25.7 Å². The van der Waals surface area contributed by atoms with Gasteiger partial charge in [-0.25, -0.2) is 9.13 Å². The maximum atomic E-state index is 13.1. The molecule has 0 saturated heterocycles. The Hall–Kier alpha value is -1.94. The zero-order chi connectivity index (χ0) is 76.4. The van der Waals surface area contributed by atoms with Crippen LogP contribution in [0.1, 0.15) is 452 Å². The molecule has 19 heteroatoms. The van der Waals surface area contributed by atoms with Crippen LogP contribution < -0.4 is 0 Å². The Labute approximate surface area is 638 Å². The van der Waals surface area contributed by atoms with Crippen molar-refractivity contribution in [2.75, 3.05) is 39.6 Å². The van der Waals surface area contributed by atoms with Crippen molar-refractivity contribution in [2.24, 2.45) is 11.8 Å². The van der Waals surface area contributed by atoms with Gasteiger partial charge in [-0.15, -0.1) is 0 Å². The topological polar surface area (TPSA) is 237 Å². The molecule has 0 aromatic rings. The third-order valence-corrected chi connectivity index (χ3v) is 22.2. The van der Waals surface area contributed by atoms with Crippen LogP contribution in [-0.4, -0.2) is 96.7 Å². The first kappa shape index (κ1) is 102. The van der Waals surface area contributed by atoms with E-state index in [9.17, 15) is 43.2 Å². The summed E-state index contributed by atoms with van der Waals surface area (Å²) in [7, 11) is -9.93. The summed E-state index contributed by atoms with van der Waals surface area (Å²) >= 11 is 0. The summed E-state index contributed by atoms with van der Waals surface area (Å²) in [5, 5.41) is 10.7. The SMILES string of the molecule is CCCCCCCCCCCCCCCCCCCCCCC(=O)O[C@H](COC(=O)CCCCCCCCCCCCCCCCCCCCC)COP(=O)(O)OC[C@@H](O)COP(=O)(O)OC[C@@H](COC(=O)CCCCCCCCCCC(C)CC)OC(=O)CCCCCCCCCCCCC(C)C. The molecule has 17 nitrogen and oxygen atoms in total. The van der Waals surface area contributed by atoms with Gasteiger partial charge in [0.2, 0.25) is 0 Å². The summed E-state index contributed by atoms with van der Waals surface area (Å²) in [6, 6.07) is 0. The van der Waals surface area contributed by atoms with Gasteiger partial charge in [0.25, 0.3) is 0 Å². The van der Waals surface area contributed by atoms with Crippen molar-refractivity contribution in [3.8, 4) is 0 Å². The molecule has 0 fully saturated rings. The summed E-state index contributed by atoms with van der Waals surface area (Å²) in [5.74, 6) is -0.575. The van der Waals surface area contributed by atoms with Crippen LogP contribution in [0.3, 0.4) is 0 Å². The molecule has 0 aromatic heterocycles. The van der Waals surface area contributed by atoms with E-state index in [1.807, 2.05) is 0 Å². The first-order chi connectivity index (χ1) is 50.4. The van der Waals surface area contributed by atoms with Crippen molar-refractivity contribution < 1.29 is 80.2 Å². The Bertz CT molecular complexity index is 2000. The largest absolute Gasteiger partial charge is 0.472 e. The van der Waals surface area contributed by atoms with Crippen molar-refractivity contribution in [1.29, 1.82) is 0 Å². The monoisotopic (exact) mass is 1520 g/mol. The van der Waals surface area contributed by atoms with E-state index in [1.165, 1.54) is 270 Å². The van der Waals surface area contributed by atoms with Crippen molar-refractivity contribution in [2.45, 2.75) is 471 Å². The number of hydrogen-bond acceptors (Lipinski definition) is 15. The zero-order valence-corrected chi connectivity index (χ0v) is 70.1. The number of hydrogen-bond donors (Lipinski definition) is 3. The molecule has 0 spiro atoms. The van der Waals surface area contributed by atoms with E-state index in [2.05, 4.69) is 41.5 Å². The van der Waals surface area contributed by atoms with Crippen LogP contribution in [0.2, 0.25) is 0 Å². The molecule has 0 aliphatic heterocycles. The Kier molecular flexibility index (Phi) is 75.0. The standard InChI is InChI=1S/C85H166O17P2/c1-7-10-12-14-16-18-20-22-24-26-28-30-32-34-36-38-43-51-57-63-69-84(89)101-80(73-95-82(87)67-61-55-49-42-37-35-33-31-29-27-25-23-21-19-17-15-13-11-8-2)75-99-103(91,92)97-71-79(86)72-98-104(93,94)100-76-81(74-96-83(88)68-62-56-50-46-45-48-54-60-66-78(6)9-3)102-85(90)70-64-58-52-44-40-39-41-47-53-59-65-77(4)5/h77-81,86H,7-76H2,1-6H3,(H,91,92)(H,93,94)/t78?,79-,80-,81-/m1/s1. The van der Waals surface area contributed by atoms with Crippen LogP contribution in [-0.2, 0) is 65.4 Å². The van der Waals surface area contributed by atoms with E-state index in [0.29, 0.717) is 25.7 Å². The molecule has 6 atom stereocenters. The van der Waals surface area contributed by atoms with Crippen molar-refractivity contribution >= 4 is 39.5 Å². The zero-order valence-electron chi connectivity index (χ0n) is 68.3. The molecule has 0 amide bonds. The maximum absolute atomic E-state index is 13.1. The third-order valence-electron chi connectivity index (χ3n) is 20.3. The average molecular weight is 1520 g/mol. The number of phosphoric ester groups is 2. The van der Waals surface area contributed by atoms with E-state index in [1.54, 1.807) is 0 Å². The minimum atomic E-state index is -4.97. The van der Waals surface area contributed by atoms with Crippen LogP contribution in [0.25, 0.3) is 0 Å². The van der Waals surface area contributed by atoms with E-state index in [0.717, 1.165) is 102 Å². The van der Waals surface area contributed by atoms with Gasteiger partial charge >= 0.3 is 39.5 Å². The lowest BCUT2D eigenvalue weighted by Crippen LogP contribution is -2.30. The van der Waals surface area contributed by atoms with E-state index >= 15 is 0 Å². The van der Waals surface area contributed by atoms with Gasteiger partial charge in [-0.2, -0.15) is 0 Å². The molecule has 0 bridgehead atoms. The molecule has 3 N–H and O–H groups in total. The molecule has 0 aliphatic rings. The van der Waals surface area contributed by atoms with Crippen molar-refractivity contribution in [3.63, 3.8) is 0 Å². The fourth-order valence-corrected chi connectivity index (χ4v) is 14.8. The first-order valence-electron chi connectivity index (χ1n) is 44.0. The van der Waals surface area contributed by atoms with Gasteiger partial charge < -0.3 is 33.8 Å². The molecular weight excluding hydrogens is 1350 g/mol. The minimum Gasteiger partial charge on any atom is -0.462 e. The number of carbonyl (C=O) groups excluding carboxylic acids is 4. The molecule has 0 rings (SSSR count). The second-order valence-electron chi connectivity index (χ2n) is 31.3. The van der Waals surface area contributed by atoms with Crippen LogP contribution in [0.4, 0.5) is 0 Å². The highest BCUT2D eigenvalue weighted by molar-refractivity contribution is 7.47. The Morgan fingerprint density at radius 2 is 0.490 bits per heavy atom. The van der Waals surface area contributed by atoms with Gasteiger partial charge in [0, 0.05) is 25.7 Å². The summed E-state index contributed by atoms with van der Waals surface area (Å²) < 4.78 is 68.9. The number of rotatable bonds is 84. The lowest BCUT2D eigenvalue weighted by molar-refractivity contribution is -0.161. The number of esters is 4. The van der Waals surface area contributed by atoms with Crippen LogP contribution in [0.15, 0.2) is 0 Å². The van der Waals surface area contributed by atoms with Crippen LogP contribution in [0, 0.1) is 11.8 Å². The van der Waals surface area contributed by atoms with E-state index < -0.39 is 97.5 Å². The summed E-state index contributed by atoms with van der Waals surface area (Å²) in [5.41, 5.74) is 0.